The van der Waals surface area contributed by atoms with Gasteiger partial charge in [-0.3, -0.25) is 14.0 Å². The van der Waals surface area contributed by atoms with E-state index in [0.717, 1.165) is 9.87 Å². The van der Waals surface area contributed by atoms with Gasteiger partial charge in [0.1, 0.15) is 10.5 Å². The van der Waals surface area contributed by atoms with Crippen LogP contribution in [0.5, 0.6) is 0 Å². The summed E-state index contributed by atoms with van der Waals surface area (Å²) in [4.78, 5) is 29.0. The van der Waals surface area contributed by atoms with Gasteiger partial charge in [0, 0.05) is 12.3 Å². The van der Waals surface area contributed by atoms with E-state index in [-0.39, 0.29) is 28.3 Å². The molecule has 1 aliphatic rings. The van der Waals surface area contributed by atoms with Crippen LogP contribution in [-0.4, -0.2) is 28.0 Å². The highest BCUT2D eigenvalue weighted by molar-refractivity contribution is 7.90. The minimum Gasteiger partial charge on any atom is -0.269 e. The summed E-state index contributed by atoms with van der Waals surface area (Å²) < 4.78 is 27.3. The lowest BCUT2D eigenvalue weighted by molar-refractivity contribution is 0.0864. The molecule has 8 heteroatoms. The second-order valence-corrected chi connectivity index (χ2v) is 7.66. The average Bonchev–Trinajstić information content (AvgIpc) is 2.76. The number of aryl methyl sites for hydroxylation is 1. The third kappa shape index (κ3) is 2.33. The molecule has 126 valence electrons. The number of nitrogens with zero attached hydrogens (tertiary/aromatic N) is 3. The van der Waals surface area contributed by atoms with Gasteiger partial charge in [-0.1, -0.05) is 12.1 Å². The highest BCUT2D eigenvalue weighted by Gasteiger charge is 2.41. The van der Waals surface area contributed by atoms with Gasteiger partial charge in [-0.25, -0.2) is 17.7 Å². The van der Waals surface area contributed by atoms with Crippen LogP contribution in [0.3, 0.4) is 0 Å². The Bertz CT molecular complexity index is 1200. The van der Waals surface area contributed by atoms with Crippen molar-refractivity contribution in [3.63, 3.8) is 0 Å². The van der Waals surface area contributed by atoms with Crippen LogP contribution in [0.4, 0.5) is 0 Å². The van der Waals surface area contributed by atoms with Crippen LogP contribution in [0.1, 0.15) is 21.6 Å². The van der Waals surface area contributed by atoms with Crippen molar-refractivity contribution >= 4 is 21.6 Å². The van der Waals surface area contributed by atoms with Crippen LogP contribution in [0, 0.1) is 6.92 Å². The Balaban J connectivity index is 1.80. The van der Waals surface area contributed by atoms with Crippen LogP contribution in [-0.2, 0) is 16.6 Å². The van der Waals surface area contributed by atoms with Gasteiger partial charge in [0.05, 0.1) is 17.8 Å². The second-order valence-electron chi connectivity index (χ2n) is 5.83. The first-order chi connectivity index (χ1) is 11.9. The summed E-state index contributed by atoms with van der Waals surface area (Å²) in [5.74, 6) is -0.609. The monoisotopic (exact) mass is 355 g/mol. The third-order valence-corrected chi connectivity index (χ3v) is 5.88. The smallest absolute Gasteiger partial charge is 0.269 e. The Kier molecular flexibility index (Phi) is 3.26. The van der Waals surface area contributed by atoms with E-state index >= 15 is 0 Å². The van der Waals surface area contributed by atoms with E-state index < -0.39 is 15.9 Å². The number of carbonyl (C=O) groups excluding carboxylic acids is 1. The number of rotatable bonds is 2. The zero-order valence-electron chi connectivity index (χ0n) is 13.2. The molecule has 0 N–H and O–H groups in total. The molecule has 0 saturated heterocycles. The van der Waals surface area contributed by atoms with Crippen molar-refractivity contribution in [1.82, 2.24) is 13.7 Å². The van der Waals surface area contributed by atoms with Gasteiger partial charge in [-0.05, 0) is 36.8 Å². The molecule has 1 aromatic carbocycles. The molecule has 25 heavy (non-hydrogen) atoms. The van der Waals surface area contributed by atoms with E-state index in [1.807, 2.05) is 6.92 Å². The van der Waals surface area contributed by atoms with Crippen molar-refractivity contribution in [3.05, 3.63) is 75.8 Å². The number of aromatic nitrogens is 2. The standard InChI is InChI=1S/C17H13N3O4S/c1-11-6-7-19-15(8-11)18-12(9-16(19)21)10-20-17(22)13-4-2-3-5-14(13)25(20,23)24/h2-9H,10H2,1H3. The Morgan fingerprint density at radius 2 is 1.84 bits per heavy atom. The van der Waals surface area contributed by atoms with Crippen molar-refractivity contribution in [2.45, 2.75) is 18.4 Å². The van der Waals surface area contributed by atoms with E-state index in [1.54, 1.807) is 30.5 Å². The lowest BCUT2D eigenvalue weighted by Crippen LogP contribution is -2.30. The van der Waals surface area contributed by atoms with Gasteiger partial charge >= 0.3 is 0 Å². The molecule has 0 spiro atoms. The molecule has 4 rings (SSSR count). The quantitative estimate of drug-likeness (QED) is 0.692. The molecule has 0 atom stereocenters. The third-order valence-electron chi connectivity index (χ3n) is 4.09. The maximum absolute atomic E-state index is 12.6. The minimum absolute atomic E-state index is 0.0200. The first-order valence-electron chi connectivity index (χ1n) is 7.53. The summed E-state index contributed by atoms with van der Waals surface area (Å²) >= 11 is 0. The summed E-state index contributed by atoms with van der Waals surface area (Å²) in [6.07, 6.45) is 1.61. The maximum atomic E-state index is 12.6. The fourth-order valence-electron chi connectivity index (χ4n) is 2.87. The van der Waals surface area contributed by atoms with Crippen molar-refractivity contribution in [1.29, 1.82) is 0 Å². The number of hydrogen-bond donors (Lipinski definition) is 0. The summed E-state index contributed by atoms with van der Waals surface area (Å²) in [6, 6.07) is 10.8. The Morgan fingerprint density at radius 1 is 1.08 bits per heavy atom. The highest BCUT2D eigenvalue weighted by atomic mass is 32.2. The molecular formula is C17H13N3O4S. The number of hydrogen-bond acceptors (Lipinski definition) is 5. The van der Waals surface area contributed by atoms with Crippen LogP contribution < -0.4 is 5.56 Å². The Hall–Kier alpha value is -3.00. The molecule has 0 unspecified atom stereocenters. The summed E-state index contributed by atoms with van der Waals surface area (Å²) in [7, 11) is -3.93. The summed E-state index contributed by atoms with van der Waals surface area (Å²) in [5.41, 5.74) is 1.35. The molecule has 0 aliphatic carbocycles. The molecule has 1 aliphatic heterocycles. The largest absolute Gasteiger partial charge is 0.269 e. The molecule has 0 radical (unpaired) electrons. The van der Waals surface area contributed by atoms with Crippen molar-refractivity contribution in [3.8, 4) is 0 Å². The summed E-state index contributed by atoms with van der Waals surface area (Å²) in [5, 5.41) is 0. The topological polar surface area (TPSA) is 88.8 Å². The molecule has 1 amide bonds. The molecule has 0 bridgehead atoms. The van der Waals surface area contributed by atoms with Crippen LogP contribution in [0.25, 0.3) is 5.65 Å². The van der Waals surface area contributed by atoms with Crippen molar-refractivity contribution in [2.24, 2.45) is 0 Å². The van der Waals surface area contributed by atoms with Crippen LogP contribution in [0.15, 0.2) is 58.4 Å². The predicted molar refractivity (Wildman–Crippen MR) is 89.7 cm³/mol. The van der Waals surface area contributed by atoms with Crippen LogP contribution in [0.2, 0.25) is 0 Å². The first-order valence-corrected chi connectivity index (χ1v) is 8.97. The molecule has 0 fully saturated rings. The molecule has 2 aromatic heterocycles. The predicted octanol–water partition coefficient (Wildman–Crippen LogP) is 1.35. The lowest BCUT2D eigenvalue weighted by Gasteiger charge is -2.14. The normalized spacial score (nSPS) is 15.6. The van der Waals surface area contributed by atoms with E-state index in [9.17, 15) is 18.0 Å². The lowest BCUT2D eigenvalue weighted by atomic mass is 10.2. The van der Waals surface area contributed by atoms with Gasteiger partial charge in [0.15, 0.2) is 0 Å². The SMILES string of the molecule is Cc1ccn2c(=O)cc(CN3C(=O)c4ccccc4S3(=O)=O)nc2c1. The molecule has 3 heterocycles. The number of fused-ring (bicyclic) bond motifs is 2. The zero-order chi connectivity index (χ0) is 17.8. The van der Waals surface area contributed by atoms with E-state index in [0.29, 0.717) is 5.65 Å². The maximum Gasteiger partial charge on any atom is 0.269 e. The highest BCUT2D eigenvalue weighted by Crippen LogP contribution is 2.30. The zero-order valence-corrected chi connectivity index (χ0v) is 14.0. The van der Waals surface area contributed by atoms with Gasteiger partial charge in [-0.15, -0.1) is 0 Å². The first kappa shape index (κ1) is 15.5. The van der Waals surface area contributed by atoms with Gasteiger partial charge < -0.3 is 0 Å². The minimum atomic E-state index is -3.93. The Morgan fingerprint density at radius 3 is 2.60 bits per heavy atom. The van der Waals surface area contributed by atoms with Gasteiger partial charge in [0.25, 0.3) is 21.5 Å². The van der Waals surface area contributed by atoms with Gasteiger partial charge in [-0.2, -0.15) is 0 Å². The fraction of sp³-hybridized carbons (Fsp3) is 0.118. The number of sulfonamides is 1. The summed E-state index contributed by atoms with van der Waals surface area (Å²) in [6.45, 7) is 1.58. The molecule has 7 nitrogen and oxygen atoms in total. The number of amides is 1. The Labute approximate surface area is 143 Å². The van der Waals surface area contributed by atoms with E-state index in [4.69, 9.17) is 0 Å². The molecule has 3 aromatic rings. The van der Waals surface area contributed by atoms with E-state index in [2.05, 4.69) is 4.98 Å². The van der Waals surface area contributed by atoms with Crippen molar-refractivity contribution in [2.75, 3.05) is 0 Å². The number of carbonyl (C=O) groups is 1. The fourth-order valence-corrected chi connectivity index (χ4v) is 4.41. The van der Waals surface area contributed by atoms with Gasteiger partial charge in [0.2, 0.25) is 0 Å². The number of pyridine rings is 1. The van der Waals surface area contributed by atoms with Crippen LogP contribution >= 0.6 is 0 Å². The van der Waals surface area contributed by atoms with Crippen molar-refractivity contribution < 1.29 is 13.2 Å². The average molecular weight is 355 g/mol. The number of benzene rings is 1. The van der Waals surface area contributed by atoms with E-state index in [1.165, 1.54) is 22.6 Å². The molecular weight excluding hydrogens is 342 g/mol. The molecule has 0 saturated carbocycles. The second kappa shape index (κ2) is 5.25.